The molecule has 0 saturated heterocycles. The second-order valence-corrected chi connectivity index (χ2v) is 6.07. The Kier molecular flexibility index (Phi) is 3.53. The molecule has 0 spiro atoms. The summed E-state index contributed by atoms with van der Waals surface area (Å²) in [6, 6.07) is 7.73. The summed E-state index contributed by atoms with van der Waals surface area (Å²) in [6.45, 7) is 0.662. The Bertz CT molecular complexity index is 581. The minimum Gasteiger partial charge on any atom is -0.329 e. The molecule has 1 amide bonds. The van der Waals surface area contributed by atoms with Crippen molar-refractivity contribution in [3.63, 3.8) is 0 Å². The van der Waals surface area contributed by atoms with E-state index in [-0.39, 0.29) is 5.91 Å². The van der Waals surface area contributed by atoms with Gasteiger partial charge in [0.05, 0.1) is 6.54 Å². The number of halogens is 1. The van der Waals surface area contributed by atoms with Crippen LogP contribution in [-0.4, -0.2) is 21.8 Å². The van der Waals surface area contributed by atoms with Crippen LogP contribution in [0.1, 0.15) is 28.2 Å². The van der Waals surface area contributed by atoms with Crippen LogP contribution in [0.2, 0.25) is 5.02 Å². The lowest BCUT2D eigenvalue weighted by Gasteiger charge is -2.21. The number of pyridine rings is 1. The van der Waals surface area contributed by atoms with Gasteiger partial charge in [-0.3, -0.25) is 9.78 Å². The molecule has 2 heterocycles. The smallest absolute Gasteiger partial charge is 0.273 e. The summed E-state index contributed by atoms with van der Waals surface area (Å²) < 4.78 is 0. The largest absolute Gasteiger partial charge is 0.329 e. The molecular weight excluding hydrogens is 280 g/mol. The molecule has 0 aliphatic heterocycles. The summed E-state index contributed by atoms with van der Waals surface area (Å²) in [5.41, 5.74) is 0.427. The van der Waals surface area contributed by atoms with Crippen molar-refractivity contribution in [1.29, 1.82) is 0 Å². The Morgan fingerprint density at radius 2 is 2.32 bits per heavy atom. The standard InChI is InChI=1S/C14H13ClN2OS/c15-10-5-6-16-13(8-10)14(18)17(11-3-4-11)9-12-2-1-7-19-12/h1-2,5-8,11H,3-4,9H2. The molecule has 2 aromatic heterocycles. The SMILES string of the molecule is O=C(c1cc(Cl)ccn1)N(Cc1cccs1)C1CC1. The summed E-state index contributed by atoms with van der Waals surface area (Å²) >= 11 is 7.59. The fourth-order valence-electron chi connectivity index (χ4n) is 1.99. The van der Waals surface area contributed by atoms with Gasteiger partial charge in [0.15, 0.2) is 0 Å². The normalized spacial score (nSPS) is 14.4. The van der Waals surface area contributed by atoms with Crippen molar-refractivity contribution < 1.29 is 4.79 Å². The summed E-state index contributed by atoms with van der Waals surface area (Å²) in [6.07, 6.45) is 3.74. The van der Waals surface area contributed by atoms with E-state index in [0.717, 1.165) is 12.8 Å². The predicted molar refractivity (Wildman–Crippen MR) is 76.5 cm³/mol. The minimum atomic E-state index is -0.0293. The van der Waals surface area contributed by atoms with E-state index in [1.165, 1.54) is 4.88 Å². The number of aromatic nitrogens is 1. The summed E-state index contributed by atoms with van der Waals surface area (Å²) in [5.74, 6) is -0.0293. The number of carbonyl (C=O) groups is 1. The Hall–Kier alpha value is -1.39. The first-order chi connectivity index (χ1) is 9.24. The van der Waals surface area contributed by atoms with Crippen LogP contribution in [0.5, 0.6) is 0 Å². The quantitative estimate of drug-likeness (QED) is 0.862. The van der Waals surface area contributed by atoms with Crippen LogP contribution < -0.4 is 0 Å². The molecule has 0 radical (unpaired) electrons. The van der Waals surface area contributed by atoms with E-state index >= 15 is 0 Å². The molecule has 3 rings (SSSR count). The molecule has 1 aliphatic rings. The van der Waals surface area contributed by atoms with Gasteiger partial charge in [0.1, 0.15) is 5.69 Å². The Labute approximate surface area is 120 Å². The average molecular weight is 293 g/mol. The molecule has 1 saturated carbocycles. The molecular formula is C14H13ClN2OS. The lowest BCUT2D eigenvalue weighted by molar-refractivity contribution is 0.0725. The van der Waals surface area contributed by atoms with Crippen LogP contribution in [0.15, 0.2) is 35.8 Å². The van der Waals surface area contributed by atoms with Crippen LogP contribution in [0, 0.1) is 0 Å². The fraction of sp³-hybridized carbons (Fsp3) is 0.286. The molecule has 98 valence electrons. The van der Waals surface area contributed by atoms with Crippen LogP contribution in [0.25, 0.3) is 0 Å². The number of hydrogen-bond donors (Lipinski definition) is 0. The van der Waals surface area contributed by atoms with Crippen molar-refractivity contribution in [2.45, 2.75) is 25.4 Å². The molecule has 1 aliphatic carbocycles. The monoisotopic (exact) mass is 292 g/mol. The number of amides is 1. The lowest BCUT2D eigenvalue weighted by Crippen LogP contribution is -2.32. The van der Waals surface area contributed by atoms with Crippen molar-refractivity contribution in [3.8, 4) is 0 Å². The Balaban J connectivity index is 1.82. The van der Waals surface area contributed by atoms with Gasteiger partial charge in [-0.1, -0.05) is 17.7 Å². The topological polar surface area (TPSA) is 33.2 Å². The van der Waals surface area contributed by atoms with E-state index in [9.17, 15) is 4.79 Å². The van der Waals surface area contributed by atoms with Crippen molar-refractivity contribution in [2.24, 2.45) is 0 Å². The van der Waals surface area contributed by atoms with Crippen LogP contribution in [0.4, 0.5) is 0 Å². The maximum atomic E-state index is 12.5. The molecule has 19 heavy (non-hydrogen) atoms. The number of hydrogen-bond acceptors (Lipinski definition) is 3. The van der Waals surface area contributed by atoms with Gasteiger partial charge in [0.2, 0.25) is 0 Å². The summed E-state index contributed by atoms with van der Waals surface area (Å²) in [4.78, 5) is 19.7. The van der Waals surface area contributed by atoms with Crippen molar-refractivity contribution in [3.05, 3.63) is 51.4 Å². The molecule has 0 atom stereocenters. The van der Waals surface area contributed by atoms with Gasteiger partial charge in [-0.2, -0.15) is 0 Å². The van der Waals surface area contributed by atoms with E-state index in [2.05, 4.69) is 11.1 Å². The first-order valence-electron chi connectivity index (χ1n) is 6.19. The van der Waals surface area contributed by atoms with E-state index < -0.39 is 0 Å². The van der Waals surface area contributed by atoms with E-state index in [0.29, 0.717) is 23.3 Å². The second-order valence-electron chi connectivity index (χ2n) is 4.60. The molecule has 0 bridgehead atoms. The molecule has 2 aromatic rings. The maximum Gasteiger partial charge on any atom is 0.273 e. The predicted octanol–water partition coefficient (Wildman–Crippen LogP) is 3.60. The number of thiophene rings is 1. The highest BCUT2D eigenvalue weighted by molar-refractivity contribution is 7.09. The average Bonchev–Trinajstić information content (AvgIpc) is 3.12. The van der Waals surface area contributed by atoms with Gasteiger partial charge >= 0.3 is 0 Å². The third-order valence-electron chi connectivity index (χ3n) is 3.10. The molecule has 0 aromatic carbocycles. The third kappa shape index (κ3) is 2.96. The first-order valence-corrected chi connectivity index (χ1v) is 7.45. The van der Waals surface area contributed by atoms with Gasteiger partial charge in [-0.05, 0) is 36.4 Å². The van der Waals surface area contributed by atoms with Crippen molar-refractivity contribution in [1.82, 2.24) is 9.88 Å². The van der Waals surface area contributed by atoms with Gasteiger partial charge in [0, 0.05) is 22.1 Å². The number of rotatable bonds is 4. The van der Waals surface area contributed by atoms with Crippen LogP contribution >= 0.6 is 22.9 Å². The Morgan fingerprint density at radius 3 is 2.95 bits per heavy atom. The zero-order chi connectivity index (χ0) is 13.2. The van der Waals surface area contributed by atoms with E-state index in [4.69, 9.17) is 11.6 Å². The van der Waals surface area contributed by atoms with Crippen LogP contribution in [0.3, 0.4) is 0 Å². The molecule has 0 N–H and O–H groups in total. The molecule has 5 heteroatoms. The molecule has 0 unspecified atom stereocenters. The molecule has 1 fully saturated rings. The van der Waals surface area contributed by atoms with Crippen molar-refractivity contribution in [2.75, 3.05) is 0 Å². The zero-order valence-corrected chi connectivity index (χ0v) is 11.8. The number of carbonyl (C=O) groups excluding carboxylic acids is 1. The van der Waals surface area contributed by atoms with Gasteiger partial charge in [0.25, 0.3) is 5.91 Å². The van der Waals surface area contributed by atoms with Crippen LogP contribution in [-0.2, 0) is 6.54 Å². The van der Waals surface area contributed by atoms with E-state index in [1.807, 2.05) is 16.3 Å². The summed E-state index contributed by atoms with van der Waals surface area (Å²) in [5, 5.41) is 2.58. The highest BCUT2D eigenvalue weighted by atomic mass is 35.5. The highest BCUT2D eigenvalue weighted by Crippen LogP contribution is 2.30. The maximum absolute atomic E-state index is 12.5. The zero-order valence-electron chi connectivity index (χ0n) is 10.3. The van der Waals surface area contributed by atoms with Gasteiger partial charge in [-0.25, -0.2) is 0 Å². The third-order valence-corrected chi connectivity index (χ3v) is 4.19. The van der Waals surface area contributed by atoms with Gasteiger partial charge < -0.3 is 4.90 Å². The van der Waals surface area contributed by atoms with Gasteiger partial charge in [-0.15, -0.1) is 11.3 Å². The molecule has 3 nitrogen and oxygen atoms in total. The first kappa shape index (κ1) is 12.6. The van der Waals surface area contributed by atoms with E-state index in [1.54, 1.807) is 29.7 Å². The number of nitrogens with zero attached hydrogens (tertiary/aromatic N) is 2. The highest BCUT2D eigenvalue weighted by Gasteiger charge is 2.33. The summed E-state index contributed by atoms with van der Waals surface area (Å²) in [7, 11) is 0. The van der Waals surface area contributed by atoms with Crippen molar-refractivity contribution >= 4 is 28.8 Å². The lowest BCUT2D eigenvalue weighted by atomic mass is 10.3. The minimum absolute atomic E-state index is 0.0293. The second kappa shape index (κ2) is 5.31. The Morgan fingerprint density at radius 1 is 1.47 bits per heavy atom. The fourth-order valence-corrected chi connectivity index (χ4v) is 2.85.